The van der Waals surface area contributed by atoms with Crippen molar-refractivity contribution in [2.24, 2.45) is 5.41 Å². The molecule has 2 aliphatic rings. The number of piperidine rings is 2. The first kappa shape index (κ1) is 18.2. The normalized spacial score (nSPS) is 27.3. The molecule has 24 heavy (non-hydrogen) atoms. The van der Waals surface area contributed by atoms with Crippen LogP contribution in [0, 0.1) is 5.41 Å². The van der Waals surface area contributed by atoms with Crippen molar-refractivity contribution in [2.75, 3.05) is 19.6 Å². The molecule has 0 spiro atoms. The van der Waals surface area contributed by atoms with Crippen molar-refractivity contribution in [1.29, 1.82) is 0 Å². The van der Waals surface area contributed by atoms with E-state index in [0.717, 1.165) is 17.5 Å². The molecule has 1 aromatic carbocycles. The maximum Gasteiger partial charge on any atom is 0.0406 e. The van der Waals surface area contributed by atoms with E-state index in [2.05, 4.69) is 43.1 Å². The summed E-state index contributed by atoms with van der Waals surface area (Å²) in [6, 6.07) is 9.28. The molecule has 1 atom stereocenters. The van der Waals surface area contributed by atoms with Gasteiger partial charge in [0.1, 0.15) is 0 Å². The Morgan fingerprint density at radius 3 is 2.42 bits per heavy atom. The fourth-order valence-corrected chi connectivity index (χ4v) is 5.03. The van der Waals surface area contributed by atoms with Gasteiger partial charge in [-0.15, -0.1) is 0 Å². The predicted octanol–water partition coefficient (Wildman–Crippen LogP) is 4.91. The number of halogens is 1. The van der Waals surface area contributed by atoms with Crippen LogP contribution in [0.3, 0.4) is 0 Å². The molecule has 2 nitrogen and oxygen atoms in total. The standard InChI is InChI=1S/C21H33ClN2/c1-20(2,3)21(16-17-6-8-18(22)9-7-17)12-4-5-15-24(21)19-10-13-23-14-11-19/h6-9,19,23H,4-5,10-16H2,1-3H3/t21-/m1/s1. The van der Waals surface area contributed by atoms with Gasteiger partial charge in [0.2, 0.25) is 0 Å². The zero-order valence-electron chi connectivity index (χ0n) is 15.6. The Balaban J connectivity index is 1.93. The van der Waals surface area contributed by atoms with Gasteiger partial charge in [-0.3, -0.25) is 4.90 Å². The first-order valence-corrected chi connectivity index (χ1v) is 10.0. The predicted molar refractivity (Wildman–Crippen MR) is 104 cm³/mol. The largest absolute Gasteiger partial charge is 0.317 e. The van der Waals surface area contributed by atoms with Gasteiger partial charge in [-0.1, -0.05) is 50.9 Å². The van der Waals surface area contributed by atoms with Crippen LogP contribution in [0.5, 0.6) is 0 Å². The van der Waals surface area contributed by atoms with E-state index in [1.54, 1.807) is 0 Å². The van der Waals surface area contributed by atoms with Crippen LogP contribution in [0.25, 0.3) is 0 Å². The Kier molecular flexibility index (Phi) is 5.58. The minimum absolute atomic E-state index is 0.251. The van der Waals surface area contributed by atoms with Crippen LogP contribution in [0.15, 0.2) is 24.3 Å². The lowest BCUT2D eigenvalue weighted by molar-refractivity contribution is -0.0717. The van der Waals surface area contributed by atoms with E-state index in [1.165, 1.54) is 57.3 Å². The molecular formula is C21H33ClN2. The average molecular weight is 349 g/mol. The molecule has 2 aliphatic heterocycles. The third kappa shape index (κ3) is 3.66. The fourth-order valence-electron chi connectivity index (χ4n) is 4.91. The van der Waals surface area contributed by atoms with Crippen LogP contribution in [0.4, 0.5) is 0 Å². The summed E-state index contributed by atoms with van der Waals surface area (Å²) in [4.78, 5) is 2.91. The summed E-state index contributed by atoms with van der Waals surface area (Å²) in [5, 5.41) is 4.37. The van der Waals surface area contributed by atoms with Gasteiger partial charge in [-0.2, -0.15) is 0 Å². The quantitative estimate of drug-likeness (QED) is 0.835. The summed E-state index contributed by atoms with van der Waals surface area (Å²) in [5.74, 6) is 0. The molecule has 0 amide bonds. The Hall–Kier alpha value is -0.570. The zero-order chi connectivity index (χ0) is 17.2. The molecule has 1 aromatic rings. The van der Waals surface area contributed by atoms with Gasteiger partial charge in [0, 0.05) is 16.6 Å². The number of rotatable bonds is 3. The molecule has 134 valence electrons. The van der Waals surface area contributed by atoms with Crippen LogP contribution in [0.2, 0.25) is 5.02 Å². The van der Waals surface area contributed by atoms with Gasteiger partial charge in [0.25, 0.3) is 0 Å². The molecule has 0 aliphatic carbocycles. The van der Waals surface area contributed by atoms with Crippen molar-refractivity contribution in [3.63, 3.8) is 0 Å². The second kappa shape index (κ2) is 7.35. The van der Waals surface area contributed by atoms with E-state index in [4.69, 9.17) is 11.6 Å². The minimum Gasteiger partial charge on any atom is -0.317 e. The second-order valence-corrected chi connectivity index (χ2v) is 9.15. The Morgan fingerprint density at radius 1 is 1.12 bits per heavy atom. The maximum absolute atomic E-state index is 6.11. The van der Waals surface area contributed by atoms with E-state index in [-0.39, 0.29) is 11.0 Å². The van der Waals surface area contributed by atoms with E-state index < -0.39 is 0 Å². The van der Waals surface area contributed by atoms with Gasteiger partial charge in [0.15, 0.2) is 0 Å². The van der Waals surface area contributed by atoms with Crippen LogP contribution >= 0.6 is 11.6 Å². The van der Waals surface area contributed by atoms with Crippen molar-refractivity contribution in [1.82, 2.24) is 10.2 Å². The average Bonchev–Trinajstić information content (AvgIpc) is 2.57. The zero-order valence-corrected chi connectivity index (χ0v) is 16.3. The summed E-state index contributed by atoms with van der Waals surface area (Å²) < 4.78 is 0. The highest BCUT2D eigenvalue weighted by atomic mass is 35.5. The van der Waals surface area contributed by atoms with Crippen LogP contribution in [0.1, 0.15) is 58.4 Å². The van der Waals surface area contributed by atoms with Crippen LogP contribution in [-0.4, -0.2) is 36.1 Å². The fraction of sp³-hybridized carbons (Fsp3) is 0.714. The molecule has 3 heteroatoms. The third-order valence-corrected chi connectivity index (χ3v) is 6.60. The van der Waals surface area contributed by atoms with E-state index >= 15 is 0 Å². The lowest BCUT2D eigenvalue weighted by Crippen LogP contribution is -2.64. The monoisotopic (exact) mass is 348 g/mol. The van der Waals surface area contributed by atoms with Gasteiger partial charge in [-0.25, -0.2) is 0 Å². The SMILES string of the molecule is CC(C)(C)[C@]1(Cc2ccc(Cl)cc2)CCCCN1C1CCNCC1. The van der Waals surface area contributed by atoms with Crippen molar-refractivity contribution < 1.29 is 0 Å². The Labute approximate surface area is 153 Å². The summed E-state index contributed by atoms with van der Waals surface area (Å²) in [6.07, 6.45) is 7.73. The van der Waals surface area contributed by atoms with Crippen molar-refractivity contribution in [2.45, 2.75) is 70.9 Å². The number of benzene rings is 1. The maximum atomic E-state index is 6.11. The molecule has 0 bridgehead atoms. The summed E-state index contributed by atoms with van der Waals surface area (Å²) in [6.45, 7) is 10.9. The highest BCUT2D eigenvalue weighted by molar-refractivity contribution is 6.30. The molecule has 0 unspecified atom stereocenters. The smallest absolute Gasteiger partial charge is 0.0406 e. The number of nitrogens with zero attached hydrogens (tertiary/aromatic N) is 1. The lowest BCUT2D eigenvalue weighted by atomic mass is 9.64. The van der Waals surface area contributed by atoms with Crippen LogP contribution < -0.4 is 5.32 Å². The summed E-state index contributed by atoms with van der Waals surface area (Å²) in [5.41, 5.74) is 1.94. The van der Waals surface area contributed by atoms with Gasteiger partial charge in [-0.05, 0) is 74.8 Å². The second-order valence-electron chi connectivity index (χ2n) is 8.72. The van der Waals surface area contributed by atoms with E-state index in [1.807, 2.05) is 12.1 Å². The number of nitrogens with one attached hydrogen (secondary N) is 1. The Bertz CT molecular complexity index is 528. The molecule has 0 aromatic heterocycles. The molecule has 0 saturated carbocycles. The van der Waals surface area contributed by atoms with E-state index in [0.29, 0.717) is 0 Å². The Morgan fingerprint density at radius 2 is 1.79 bits per heavy atom. The molecule has 1 N–H and O–H groups in total. The number of hydrogen-bond acceptors (Lipinski definition) is 2. The summed E-state index contributed by atoms with van der Waals surface area (Å²) >= 11 is 6.11. The molecule has 2 saturated heterocycles. The molecule has 3 rings (SSSR count). The molecule has 2 fully saturated rings. The highest BCUT2D eigenvalue weighted by Crippen LogP contribution is 2.46. The van der Waals surface area contributed by atoms with Crippen molar-refractivity contribution >= 4 is 11.6 Å². The van der Waals surface area contributed by atoms with Crippen molar-refractivity contribution in [3.05, 3.63) is 34.9 Å². The van der Waals surface area contributed by atoms with Crippen molar-refractivity contribution in [3.8, 4) is 0 Å². The molecule has 2 heterocycles. The van der Waals surface area contributed by atoms with Gasteiger partial charge in [0.05, 0.1) is 0 Å². The first-order valence-electron chi connectivity index (χ1n) is 9.64. The minimum atomic E-state index is 0.251. The third-order valence-electron chi connectivity index (χ3n) is 6.34. The highest BCUT2D eigenvalue weighted by Gasteiger charge is 2.49. The lowest BCUT2D eigenvalue weighted by Gasteiger charge is -2.58. The molecular weight excluding hydrogens is 316 g/mol. The van der Waals surface area contributed by atoms with Gasteiger partial charge >= 0.3 is 0 Å². The number of likely N-dealkylation sites (tertiary alicyclic amines) is 1. The van der Waals surface area contributed by atoms with E-state index in [9.17, 15) is 0 Å². The van der Waals surface area contributed by atoms with Gasteiger partial charge < -0.3 is 5.32 Å². The topological polar surface area (TPSA) is 15.3 Å². The van der Waals surface area contributed by atoms with Crippen LogP contribution in [-0.2, 0) is 6.42 Å². The molecule has 0 radical (unpaired) electrons. The summed E-state index contributed by atoms with van der Waals surface area (Å²) in [7, 11) is 0. The number of hydrogen-bond donors (Lipinski definition) is 1. The first-order chi connectivity index (χ1) is 11.4.